The van der Waals surface area contributed by atoms with Crippen molar-refractivity contribution in [3.8, 4) is 5.75 Å². The van der Waals surface area contributed by atoms with Crippen LogP contribution in [0.2, 0.25) is 0 Å². The maximum atomic E-state index is 12.6. The fourth-order valence-corrected chi connectivity index (χ4v) is 6.92. The van der Waals surface area contributed by atoms with E-state index in [2.05, 4.69) is 45.9 Å². The minimum atomic E-state index is -0.958. The van der Waals surface area contributed by atoms with Crippen LogP contribution in [0.25, 0.3) is 10.1 Å². The summed E-state index contributed by atoms with van der Waals surface area (Å²) in [4.78, 5) is 13.7. The van der Waals surface area contributed by atoms with Crippen molar-refractivity contribution in [1.29, 1.82) is 0 Å². The van der Waals surface area contributed by atoms with Gasteiger partial charge in [0.25, 0.3) is 0 Å². The highest BCUT2D eigenvalue weighted by Crippen LogP contribution is 2.41. The molecule has 1 aromatic heterocycles. The Morgan fingerprint density at radius 1 is 0.891 bits per heavy atom. The second kappa shape index (κ2) is 19.4. The molecular weight excluding hydrogens is 600 g/mol. The van der Waals surface area contributed by atoms with Gasteiger partial charge in [0.1, 0.15) is 18.0 Å². The Bertz CT molecular complexity index is 1300. The summed E-state index contributed by atoms with van der Waals surface area (Å²) in [5.74, 6) is -0.390. The molecule has 2 heterocycles. The molecule has 0 aliphatic carbocycles. The van der Waals surface area contributed by atoms with Gasteiger partial charge < -0.3 is 28.8 Å². The summed E-state index contributed by atoms with van der Waals surface area (Å²) >= 11 is 1.70. The number of unbranched alkanes of at least 4 members (excludes halogenated alkanes) is 4. The van der Waals surface area contributed by atoms with E-state index in [1.165, 1.54) is 10.1 Å². The van der Waals surface area contributed by atoms with Gasteiger partial charge in [0.2, 0.25) is 0 Å². The molecule has 1 aliphatic rings. The number of fused-ring (bicyclic) bond motifs is 1. The highest BCUT2D eigenvalue weighted by molar-refractivity contribution is 7.19. The van der Waals surface area contributed by atoms with Crippen molar-refractivity contribution in [3.05, 3.63) is 64.0 Å². The van der Waals surface area contributed by atoms with E-state index in [0.717, 1.165) is 67.4 Å². The first-order valence-corrected chi connectivity index (χ1v) is 18.3. The van der Waals surface area contributed by atoms with Gasteiger partial charge in [-0.2, -0.15) is 0 Å². The molecule has 1 fully saturated rings. The molecule has 0 bridgehead atoms. The smallest absolute Gasteiger partial charge is 0.336 e. The number of aromatic carboxylic acids is 1. The van der Waals surface area contributed by atoms with E-state index >= 15 is 0 Å². The van der Waals surface area contributed by atoms with Crippen LogP contribution < -0.4 is 4.74 Å². The van der Waals surface area contributed by atoms with E-state index in [0.29, 0.717) is 51.6 Å². The van der Waals surface area contributed by atoms with Crippen LogP contribution in [0.4, 0.5) is 0 Å². The lowest BCUT2D eigenvalue weighted by Crippen LogP contribution is -2.50. The molecule has 3 aromatic rings. The van der Waals surface area contributed by atoms with Crippen LogP contribution in [0.15, 0.2) is 42.5 Å². The number of rotatable bonds is 21. The molecule has 1 aliphatic heterocycles. The Hall–Kier alpha value is -2.49. The minimum Gasteiger partial charge on any atom is -0.493 e. The third kappa shape index (κ3) is 10.3. The number of hydrogen-bond acceptors (Lipinski definition) is 7. The second-order valence-electron chi connectivity index (χ2n) is 12.3. The van der Waals surface area contributed by atoms with Gasteiger partial charge in [0, 0.05) is 47.8 Å². The molecule has 0 spiro atoms. The third-order valence-corrected chi connectivity index (χ3v) is 9.61. The molecule has 0 amide bonds. The molecule has 1 N–H and O–H groups in total. The Kier molecular flexibility index (Phi) is 15.3. The maximum Gasteiger partial charge on any atom is 0.336 e. The van der Waals surface area contributed by atoms with Gasteiger partial charge in [0.05, 0.1) is 31.0 Å². The Labute approximate surface area is 279 Å². The molecule has 0 saturated carbocycles. The van der Waals surface area contributed by atoms with Crippen LogP contribution in [0.1, 0.15) is 118 Å². The molecule has 0 unspecified atom stereocenters. The molecule has 4 rings (SSSR count). The van der Waals surface area contributed by atoms with Crippen LogP contribution >= 0.6 is 11.3 Å². The Morgan fingerprint density at radius 2 is 1.59 bits per heavy atom. The Balaban J connectivity index is 1.72. The first-order valence-electron chi connectivity index (χ1n) is 17.5. The Morgan fingerprint density at radius 3 is 2.30 bits per heavy atom. The first-order chi connectivity index (χ1) is 22.5. The normalized spacial score (nSPS) is 19.9. The first kappa shape index (κ1) is 36.3. The summed E-state index contributed by atoms with van der Waals surface area (Å²) < 4.78 is 33.5. The molecule has 2 aromatic carbocycles. The molecule has 4 atom stereocenters. The summed E-state index contributed by atoms with van der Waals surface area (Å²) in [6.45, 7) is 11.5. The molecule has 1 saturated heterocycles. The van der Waals surface area contributed by atoms with Crippen molar-refractivity contribution in [1.82, 2.24) is 0 Å². The standard InChI is InChI=1S/C38H54O7S/c1-5-9-17-41-26-35-37(44-20-12-8-4)34(43-19-11-7-3)25-33(45-35)31-23-28(22-29-21-27-15-13-14-16-36(27)46-29)30(38(39)40)24-32(31)42-18-10-6-2/h13-16,21,23-24,33-35,37H,5-12,17-20,22,25-26H2,1-4H3,(H,39,40)/t33-,34-,35-,37+/m1/s1. The topological polar surface area (TPSA) is 83.5 Å². The molecule has 8 heteroatoms. The fraction of sp³-hybridized carbons (Fsp3) is 0.605. The zero-order valence-electron chi connectivity index (χ0n) is 28.3. The highest BCUT2D eigenvalue weighted by atomic mass is 32.1. The lowest BCUT2D eigenvalue weighted by Gasteiger charge is -2.42. The number of hydrogen-bond donors (Lipinski definition) is 1. The van der Waals surface area contributed by atoms with E-state index in [-0.39, 0.29) is 30.0 Å². The average Bonchev–Trinajstić information content (AvgIpc) is 3.47. The van der Waals surface area contributed by atoms with Crippen LogP contribution in [-0.4, -0.2) is 62.4 Å². The van der Waals surface area contributed by atoms with Crippen molar-refractivity contribution < 1.29 is 33.6 Å². The highest BCUT2D eigenvalue weighted by Gasteiger charge is 2.42. The summed E-state index contributed by atoms with van der Waals surface area (Å²) in [6, 6.07) is 14.1. The monoisotopic (exact) mass is 654 g/mol. The van der Waals surface area contributed by atoms with Gasteiger partial charge in [-0.1, -0.05) is 71.6 Å². The van der Waals surface area contributed by atoms with Crippen molar-refractivity contribution in [2.45, 2.75) is 116 Å². The van der Waals surface area contributed by atoms with E-state index in [9.17, 15) is 9.90 Å². The summed E-state index contributed by atoms with van der Waals surface area (Å²) in [5, 5.41) is 11.5. The third-order valence-electron chi connectivity index (χ3n) is 8.49. The number of ether oxygens (including phenoxy) is 5. The van der Waals surface area contributed by atoms with Crippen molar-refractivity contribution in [2.24, 2.45) is 0 Å². The van der Waals surface area contributed by atoms with Gasteiger partial charge in [-0.15, -0.1) is 11.3 Å². The molecular formula is C38H54O7S. The predicted molar refractivity (Wildman–Crippen MR) is 186 cm³/mol. The van der Waals surface area contributed by atoms with E-state index in [1.54, 1.807) is 17.4 Å². The van der Waals surface area contributed by atoms with Crippen molar-refractivity contribution >= 4 is 27.4 Å². The number of carbonyl (C=O) groups is 1. The predicted octanol–water partition coefficient (Wildman–Crippen LogP) is 9.39. The van der Waals surface area contributed by atoms with Crippen LogP contribution in [0, 0.1) is 0 Å². The van der Waals surface area contributed by atoms with Gasteiger partial charge >= 0.3 is 5.97 Å². The minimum absolute atomic E-state index is 0.185. The number of thiophene rings is 1. The summed E-state index contributed by atoms with van der Waals surface area (Å²) in [6.07, 6.45) is 7.92. The average molecular weight is 655 g/mol. The van der Waals surface area contributed by atoms with E-state index in [4.69, 9.17) is 23.7 Å². The number of carboxylic acids is 1. The van der Waals surface area contributed by atoms with Gasteiger partial charge in [0.15, 0.2) is 0 Å². The van der Waals surface area contributed by atoms with Crippen LogP contribution in [0.3, 0.4) is 0 Å². The molecule has 254 valence electrons. The van der Waals surface area contributed by atoms with E-state index in [1.807, 2.05) is 18.2 Å². The zero-order valence-corrected chi connectivity index (χ0v) is 29.1. The lowest BCUT2D eigenvalue weighted by molar-refractivity contribution is -0.216. The zero-order chi connectivity index (χ0) is 32.7. The van der Waals surface area contributed by atoms with Gasteiger partial charge in [-0.05, 0) is 60.9 Å². The van der Waals surface area contributed by atoms with Crippen molar-refractivity contribution in [3.63, 3.8) is 0 Å². The molecule has 0 radical (unpaired) electrons. The number of benzene rings is 2. The maximum absolute atomic E-state index is 12.6. The van der Waals surface area contributed by atoms with E-state index < -0.39 is 5.97 Å². The quantitative estimate of drug-likeness (QED) is 0.115. The largest absolute Gasteiger partial charge is 0.493 e. The second-order valence-corrected chi connectivity index (χ2v) is 13.4. The molecule has 46 heavy (non-hydrogen) atoms. The van der Waals surface area contributed by atoms with Crippen LogP contribution in [-0.2, 0) is 25.4 Å². The van der Waals surface area contributed by atoms with Crippen molar-refractivity contribution in [2.75, 3.05) is 33.0 Å². The summed E-state index contributed by atoms with van der Waals surface area (Å²) in [7, 11) is 0. The lowest BCUT2D eigenvalue weighted by atomic mass is 9.90. The summed E-state index contributed by atoms with van der Waals surface area (Å²) in [5.41, 5.74) is 1.88. The fourth-order valence-electron chi connectivity index (χ4n) is 5.83. The van der Waals surface area contributed by atoms with Crippen LogP contribution in [0.5, 0.6) is 5.75 Å². The SMILES string of the molecule is CCCCOC[C@H]1O[C@@H](c2cc(Cc3cc4ccccc4s3)c(C(=O)O)cc2OCCCC)C[C@@H](OCCCC)[C@@H]1OCCCC. The van der Waals surface area contributed by atoms with Gasteiger partial charge in [-0.3, -0.25) is 0 Å². The van der Waals surface area contributed by atoms with Gasteiger partial charge in [-0.25, -0.2) is 4.79 Å². The molecule has 7 nitrogen and oxygen atoms in total. The number of carboxylic acid groups (broad SMARTS) is 1.